The zero-order valence-corrected chi connectivity index (χ0v) is 15.6. The molecule has 0 radical (unpaired) electrons. The van der Waals surface area contributed by atoms with Crippen LogP contribution in [0.25, 0.3) is 0 Å². The van der Waals surface area contributed by atoms with Crippen molar-refractivity contribution in [3.8, 4) is 0 Å². The second-order valence-corrected chi connectivity index (χ2v) is 6.88. The molecule has 0 unspecified atom stereocenters. The highest BCUT2D eigenvalue weighted by Crippen LogP contribution is 2.21. The number of benzene rings is 1. The van der Waals surface area contributed by atoms with Gasteiger partial charge in [0.25, 0.3) is 5.91 Å². The van der Waals surface area contributed by atoms with E-state index in [0.29, 0.717) is 11.6 Å². The number of hydrogen-bond donors (Lipinski definition) is 1. The van der Waals surface area contributed by atoms with Crippen LogP contribution in [0.3, 0.4) is 0 Å². The predicted octanol–water partition coefficient (Wildman–Crippen LogP) is 4.03. The number of carbonyl (C=O) groups is 1. The average molecular weight is 411 g/mol. The van der Waals surface area contributed by atoms with Gasteiger partial charge in [-0.3, -0.25) is 9.48 Å². The number of halogens is 1. The lowest BCUT2D eigenvalue weighted by Gasteiger charge is -2.18. The number of rotatable bonds is 5. The Labute approximate surface area is 145 Å². The van der Waals surface area contributed by atoms with Crippen LogP contribution in [0, 0.1) is 3.57 Å². The Morgan fingerprint density at radius 2 is 1.86 bits per heavy atom. The number of aryl methyl sites for hydroxylation is 1. The van der Waals surface area contributed by atoms with Gasteiger partial charge in [-0.1, -0.05) is 45.0 Å². The van der Waals surface area contributed by atoms with Gasteiger partial charge in [0, 0.05) is 7.05 Å². The van der Waals surface area contributed by atoms with Crippen molar-refractivity contribution >= 4 is 28.5 Å². The van der Waals surface area contributed by atoms with Crippen LogP contribution in [0.1, 0.15) is 60.8 Å². The van der Waals surface area contributed by atoms with Gasteiger partial charge in [-0.2, -0.15) is 5.10 Å². The van der Waals surface area contributed by atoms with Crippen LogP contribution in [-0.4, -0.2) is 15.7 Å². The lowest BCUT2D eigenvalue weighted by molar-refractivity contribution is 0.0925. The van der Waals surface area contributed by atoms with Crippen LogP contribution in [0.2, 0.25) is 0 Å². The monoisotopic (exact) mass is 411 g/mol. The summed E-state index contributed by atoms with van der Waals surface area (Å²) >= 11 is 2.14. The molecule has 1 amide bonds. The van der Waals surface area contributed by atoms with E-state index in [9.17, 15) is 4.79 Å². The van der Waals surface area contributed by atoms with Crippen molar-refractivity contribution < 1.29 is 4.79 Å². The van der Waals surface area contributed by atoms with Gasteiger partial charge >= 0.3 is 0 Å². The Hall–Kier alpha value is -1.37. The SMILES string of the molecule is CC[C@H](NC(=O)c1c(I)cnn1C)c1ccc(C(C)C)cc1. The van der Waals surface area contributed by atoms with E-state index in [1.165, 1.54) is 5.56 Å². The standard InChI is InChI=1S/C17H22IN3O/c1-5-15(13-8-6-12(7-9-13)11(2)3)20-17(22)16-14(18)10-19-21(16)4/h6-11,15H,5H2,1-4H3,(H,20,22)/t15-/m0/s1. The van der Waals surface area contributed by atoms with E-state index in [-0.39, 0.29) is 11.9 Å². The van der Waals surface area contributed by atoms with Gasteiger partial charge in [0.2, 0.25) is 0 Å². The molecule has 1 N–H and O–H groups in total. The van der Waals surface area contributed by atoms with Crippen molar-refractivity contribution in [3.05, 3.63) is 50.9 Å². The summed E-state index contributed by atoms with van der Waals surface area (Å²) in [5.74, 6) is 0.434. The van der Waals surface area contributed by atoms with Gasteiger partial charge in [-0.25, -0.2) is 0 Å². The van der Waals surface area contributed by atoms with Crippen LogP contribution in [0.4, 0.5) is 0 Å². The van der Waals surface area contributed by atoms with E-state index in [1.807, 2.05) is 0 Å². The smallest absolute Gasteiger partial charge is 0.271 e. The molecule has 0 aliphatic carbocycles. The maximum absolute atomic E-state index is 12.5. The molecule has 118 valence electrons. The van der Waals surface area contributed by atoms with Crippen LogP contribution < -0.4 is 5.32 Å². The van der Waals surface area contributed by atoms with E-state index in [4.69, 9.17) is 0 Å². The summed E-state index contributed by atoms with van der Waals surface area (Å²) in [6.45, 7) is 6.44. The summed E-state index contributed by atoms with van der Waals surface area (Å²) in [6.07, 6.45) is 2.55. The van der Waals surface area contributed by atoms with Crippen molar-refractivity contribution in [3.63, 3.8) is 0 Å². The maximum Gasteiger partial charge on any atom is 0.271 e. The number of nitrogens with one attached hydrogen (secondary N) is 1. The molecular formula is C17H22IN3O. The highest BCUT2D eigenvalue weighted by Gasteiger charge is 2.19. The minimum Gasteiger partial charge on any atom is -0.344 e. The lowest BCUT2D eigenvalue weighted by Crippen LogP contribution is -2.30. The van der Waals surface area contributed by atoms with Crippen molar-refractivity contribution in [2.75, 3.05) is 0 Å². The molecule has 0 saturated heterocycles. The Morgan fingerprint density at radius 1 is 1.27 bits per heavy atom. The molecule has 1 aromatic carbocycles. The Bertz CT molecular complexity index is 627. The molecule has 4 nitrogen and oxygen atoms in total. The molecule has 2 rings (SSSR count). The van der Waals surface area contributed by atoms with Gasteiger partial charge in [0.05, 0.1) is 15.8 Å². The fourth-order valence-corrected chi connectivity index (χ4v) is 3.15. The second kappa shape index (κ2) is 7.26. The summed E-state index contributed by atoms with van der Waals surface area (Å²) in [7, 11) is 1.79. The zero-order chi connectivity index (χ0) is 16.3. The quantitative estimate of drug-likeness (QED) is 0.756. The summed E-state index contributed by atoms with van der Waals surface area (Å²) in [4.78, 5) is 12.5. The van der Waals surface area contributed by atoms with Crippen molar-refractivity contribution in [2.24, 2.45) is 7.05 Å². The molecule has 0 bridgehead atoms. The van der Waals surface area contributed by atoms with Crippen LogP contribution >= 0.6 is 22.6 Å². The number of hydrogen-bond acceptors (Lipinski definition) is 2. The molecule has 1 atom stereocenters. The third-order valence-corrected chi connectivity index (χ3v) is 4.62. The third-order valence-electron chi connectivity index (χ3n) is 3.83. The van der Waals surface area contributed by atoms with E-state index in [0.717, 1.165) is 15.6 Å². The summed E-state index contributed by atoms with van der Waals surface area (Å²) in [6, 6.07) is 8.51. The number of aromatic nitrogens is 2. The summed E-state index contributed by atoms with van der Waals surface area (Å²) < 4.78 is 2.48. The minimum atomic E-state index is -0.0795. The Kier molecular flexibility index (Phi) is 5.61. The average Bonchev–Trinajstić information content (AvgIpc) is 2.84. The number of amides is 1. The molecule has 0 saturated carbocycles. The molecule has 1 aromatic heterocycles. The summed E-state index contributed by atoms with van der Waals surface area (Å²) in [5.41, 5.74) is 3.06. The Balaban J connectivity index is 2.17. The third kappa shape index (κ3) is 3.69. The molecule has 0 fully saturated rings. The first kappa shape index (κ1) is 17.0. The predicted molar refractivity (Wildman–Crippen MR) is 97.0 cm³/mol. The molecule has 0 spiro atoms. The van der Waals surface area contributed by atoms with E-state index in [1.54, 1.807) is 17.9 Å². The lowest BCUT2D eigenvalue weighted by atomic mass is 9.98. The molecular weight excluding hydrogens is 389 g/mol. The molecule has 0 aliphatic heterocycles. The Morgan fingerprint density at radius 3 is 2.32 bits per heavy atom. The molecule has 5 heteroatoms. The first-order valence-electron chi connectivity index (χ1n) is 7.52. The fourth-order valence-electron chi connectivity index (χ4n) is 2.43. The number of nitrogens with zero attached hydrogens (tertiary/aromatic N) is 2. The van der Waals surface area contributed by atoms with Crippen LogP contribution in [0.5, 0.6) is 0 Å². The number of carbonyl (C=O) groups excluding carboxylic acids is 1. The molecule has 22 heavy (non-hydrogen) atoms. The molecule has 2 aromatic rings. The van der Waals surface area contributed by atoms with Gasteiger partial charge in [-0.15, -0.1) is 0 Å². The minimum absolute atomic E-state index is 0.0133. The normalized spacial score (nSPS) is 12.5. The summed E-state index contributed by atoms with van der Waals surface area (Å²) in [5, 5.41) is 7.23. The van der Waals surface area contributed by atoms with Gasteiger partial charge in [0.15, 0.2) is 0 Å². The van der Waals surface area contributed by atoms with E-state index in [2.05, 4.69) is 78.0 Å². The highest BCUT2D eigenvalue weighted by atomic mass is 127. The zero-order valence-electron chi connectivity index (χ0n) is 13.4. The first-order valence-corrected chi connectivity index (χ1v) is 8.60. The van der Waals surface area contributed by atoms with Gasteiger partial charge in [0.1, 0.15) is 5.69 Å². The highest BCUT2D eigenvalue weighted by molar-refractivity contribution is 14.1. The van der Waals surface area contributed by atoms with Gasteiger partial charge in [-0.05, 0) is 46.1 Å². The topological polar surface area (TPSA) is 46.9 Å². The maximum atomic E-state index is 12.5. The van der Waals surface area contributed by atoms with Crippen molar-refractivity contribution in [1.82, 2.24) is 15.1 Å². The fraction of sp³-hybridized carbons (Fsp3) is 0.412. The van der Waals surface area contributed by atoms with E-state index < -0.39 is 0 Å². The van der Waals surface area contributed by atoms with Gasteiger partial charge < -0.3 is 5.32 Å². The van der Waals surface area contributed by atoms with Crippen molar-refractivity contribution in [2.45, 2.75) is 39.2 Å². The largest absolute Gasteiger partial charge is 0.344 e. The molecule has 1 heterocycles. The van der Waals surface area contributed by atoms with Crippen LogP contribution in [-0.2, 0) is 7.05 Å². The first-order chi connectivity index (χ1) is 10.4. The van der Waals surface area contributed by atoms with E-state index >= 15 is 0 Å². The molecule has 0 aliphatic rings. The second-order valence-electron chi connectivity index (χ2n) is 5.72. The van der Waals surface area contributed by atoms with Crippen molar-refractivity contribution in [1.29, 1.82) is 0 Å². The van der Waals surface area contributed by atoms with Crippen LogP contribution in [0.15, 0.2) is 30.5 Å².